The van der Waals surface area contributed by atoms with Crippen LogP contribution in [0.25, 0.3) is 0 Å². The van der Waals surface area contributed by atoms with Gasteiger partial charge in [0.15, 0.2) is 0 Å². The molecule has 0 spiro atoms. The van der Waals surface area contributed by atoms with Crippen LogP contribution in [0.3, 0.4) is 0 Å². The van der Waals surface area contributed by atoms with Crippen molar-refractivity contribution in [2.45, 2.75) is 27.3 Å². The van der Waals surface area contributed by atoms with Crippen molar-refractivity contribution in [2.75, 3.05) is 23.3 Å². The highest BCUT2D eigenvalue weighted by atomic mass is 19.1. The third-order valence-corrected chi connectivity index (χ3v) is 3.95. The molecule has 0 saturated heterocycles. The molecule has 0 aliphatic heterocycles. The van der Waals surface area contributed by atoms with Gasteiger partial charge < -0.3 is 10.2 Å². The van der Waals surface area contributed by atoms with Crippen LogP contribution in [0.15, 0.2) is 18.2 Å². The van der Waals surface area contributed by atoms with Gasteiger partial charge in [0, 0.05) is 26.7 Å². The fourth-order valence-corrected chi connectivity index (χ4v) is 2.73. The SMILES string of the molecule is CCN(CC)c1ccc(CNc2c([N+](=O)[O-])c(C)nn2C)cc1F. The minimum Gasteiger partial charge on any atom is -0.370 e. The number of anilines is 2. The summed E-state index contributed by atoms with van der Waals surface area (Å²) in [4.78, 5) is 12.6. The van der Waals surface area contributed by atoms with Crippen molar-refractivity contribution in [3.05, 3.63) is 45.4 Å². The van der Waals surface area contributed by atoms with Crippen LogP contribution in [-0.2, 0) is 13.6 Å². The normalized spacial score (nSPS) is 10.7. The molecular weight excluding hydrogens is 313 g/mol. The summed E-state index contributed by atoms with van der Waals surface area (Å²) >= 11 is 0. The number of hydrogen-bond acceptors (Lipinski definition) is 5. The zero-order chi connectivity index (χ0) is 17.9. The van der Waals surface area contributed by atoms with Crippen molar-refractivity contribution in [3.63, 3.8) is 0 Å². The van der Waals surface area contributed by atoms with E-state index in [0.29, 0.717) is 22.8 Å². The molecule has 1 aromatic carbocycles. The van der Waals surface area contributed by atoms with Gasteiger partial charge in [-0.1, -0.05) is 6.07 Å². The van der Waals surface area contributed by atoms with Crippen LogP contribution in [0.5, 0.6) is 0 Å². The van der Waals surface area contributed by atoms with Crippen LogP contribution in [0.4, 0.5) is 21.6 Å². The van der Waals surface area contributed by atoms with Crippen molar-refractivity contribution in [1.82, 2.24) is 9.78 Å². The van der Waals surface area contributed by atoms with Crippen LogP contribution in [-0.4, -0.2) is 27.8 Å². The number of aromatic nitrogens is 2. The molecule has 0 saturated carbocycles. The first kappa shape index (κ1) is 17.7. The molecule has 2 aromatic rings. The number of hydrogen-bond donors (Lipinski definition) is 1. The minimum atomic E-state index is -0.464. The van der Waals surface area contributed by atoms with E-state index in [4.69, 9.17) is 0 Å². The second-order valence-corrected chi connectivity index (χ2v) is 5.47. The highest BCUT2D eigenvalue weighted by Gasteiger charge is 2.23. The summed E-state index contributed by atoms with van der Waals surface area (Å²) in [5, 5.41) is 18.2. The molecule has 2 rings (SSSR count). The number of nitro groups is 1. The maximum Gasteiger partial charge on any atom is 0.333 e. The molecule has 8 heteroatoms. The molecule has 1 aromatic heterocycles. The second-order valence-electron chi connectivity index (χ2n) is 5.47. The van der Waals surface area contributed by atoms with Gasteiger partial charge in [-0.05, 0) is 38.5 Å². The first-order chi connectivity index (χ1) is 11.4. The minimum absolute atomic E-state index is 0.0577. The summed E-state index contributed by atoms with van der Waals surface area (Å²) in [5.41, 5.74) is 1.55. The van der Waals surface area contributed by atoms with E-state index in [-0.39, 0.29) is 18.0 Å². The molecule has 0 aliphatic carbocycles. The molecule has 24 heavy (non-hydrogen) atoms. The first-order valence-electron chi connectivity index (χ1n) is 7.84. The molecule has 1 N–H and O–H groups in total. The summed E-state index contributed by atoms with van der Waals surface area (Å²) in [7, 11) is 1.63. The van der Waals surface area contributed by atoms with Gasteiger partial charge in [0.1, 0.15) is 11.5 Å². The zero-order valence-corrected chi connectivity index (χ0v) is 14.3. The maximum atomic E-state index is 14.3. The number of halogens is 1. The molecule has 0 fully saturated rings. The summed E-state index contributed by atoms with van der Waals surface area (Å²) in [5.74, 6) is 0.0133. The maximum absolute atomic E-state index is 14.3. The lowest BCUT2D eigenvalue weighted by molar-refractivity contribution is -0.384. The van der Waals surface area contributed by atoms with Crippen LogP contribution in [0.2, 0.25) is 0 Å². The van der Waals surface area contributed by atoms with E-state index in [2.05, 4.69) is 10.4 Å². The summed E-state index contributed by atoms with van der Waals surface area (Å²) in [6.45, 7) is 7.26. The van der Waals surface area contributed by atoms with Crippen LogP contribution < -0.4 is 10.2 Å². The van der Waals surface area contributed by atoms with Gasteiger partial charge in [-0.25, -0.2) is 9.07 Å². The number of nitrogens with one attached hydrogen (secondary N) is 1. The third kappa shape index (κ3) is 3.47. The van der Waals surface area contributed by atoms with E-state index in [1.54, 1.807) is 20.0 Å². The van der Waals surface area contributed by atoms with Gasteiger partial charge in [-0.15, -0.1) is 0 Å². The van der Waals surface area contributed by atoms with E-state index in [9.17, 15) is 14.5 Å². The lowest BCUT2D eigenvalue weighted by Crippen LogP contribution is -2.23. The molecule has 0 atom stereocenters. The van der Waals surface area contributed by atoms with Gasteiger partial charge in [-0.2, -0.15) is 5.10 Å². The smallest absolute Gasteiger partial charge is 0.333 e. The molecule has 0 unspecified atom stereocenters. The van der Waals surface area contributed by atoms with Gasteiger partial charge >= 0.3 is 5.69 Å². The molecule has 0 radical (unpaired) electrons. The predicted octanol–water partition coefficient (Wildman–Crippen LogP) is 3.23. The number of rotatable bonds is 7. The van der Waals surface area contributed by atoms with Gasteiger partial charge in [0.2, 0.25) is 5.82 Å². The second kappa shape index (κ2) is 7.29. The molecule has 0 bridgehead atoms. The van der Waals surface area contributed by atoms with Crippen molar-refractivity contribution >= 4 is 17.2 Å². The molecule has 130 valence electrons. The summed E-state index contributed by atoms with van der Waals surface area (Å²) in [6.07, 6.45) is 0. The average Bonchev–Trinajstić information content (AvgIpc) is 2.82. The van der Waals surface area contributed by atoms with Crippen molar-refractivity contribution in [3.8, 4) is 0 Å². The van der Waals surface area contributed by atoms with Crippen molar-refractivity contribution < 1.29 is 9.31 Å². The van der Waals surface area contributed by atoms with E-state index in [0.717, 1.165) is 13.1 Å². The monoisotopic (exact) mass is 335 g/mol. The molecular formula is C16H22FN5O2. The van der Waals surface area contributed by atoms with E-state index in [1.807, 2.05) is 24.8 Å². The van der Waals surface area contributed by atoms with E-state index in [1.165, 1.54) is 10.7 Å². The Labute approximate surface area is 140 Å². The highest BCUT2D eigenvalue weighted by molar-refractivity contribution is 5.59. The average molecular weight is 335 g/mol. The van der Waals surface area contributed by atoms with Crippen LogP contribution in [0, 0.1) is 22.9 Å². The van der Waals surface area contributed by atoms with Crippen LogP contribution >= 0.6 is 0 Å². The molecule has 0 amide bonds. The third-order valence-electron chi connectivity index (χ3n) is 3.95. The Kier molecular flexibility index (Phi) is 5.38. The summed E-state index contributed by atoms with van der Waals surface area (Å²) < 4.78 is 15.7. The fraction of sp³-hybridized carbons (Fsp3) is 0.438. The molecule has 1 heterocycles. The van der Waals surface area contributed by atoms with Crippen molar-refractivity contribution in [1.29, 1.82) is 0 Å². The number of benzene rings is 1. The summed E-state index contributed by atoms with van der Waals surface area (Å²) in [6, 6.07) is 5.01. The zero-order valence-electron chi connectivity index (χ0n) is 14.3. The fourth-order valence-electron chi connectivity index (χ4n) is 2.73. The van der Waals surface area contributed by atoms with E-state index >= 15 is 0 Å². The van der Waals surface area contributed by atoms with E-state index < -0.39 is 4.92 Å². The Hall–Kier alpha value is -2.64. The largest absolute Gasteiger partial charge is 0.370 e. The number of nitrogens with zero attached hydrogens (tertiary/aromatic N) is 4. The van der Waals surface area contributed by atoms with Gasteiger partial charge in [0.25, 0.3) is 0 Å². The Bertz CT molecular complexity index is 740. The van der Waals surface area contributed by atoms with Gasteiger partial charge in [-0.3, -0.25) is 10.1 Å². The predicted molar refractivity (Wildman–Crippen MR) is 91.9 cm³/mol. The lowest BCUT2D eigenvalue weighted by atomic mass is 10.1. The highest BCUT2D eigenvalue weighted by Crippen LogP contribution is 2.28. The number of aryl methyl sites for hydroxylation is 2. The molecule has 0 aliphatic rings. The van der Waals surface area contributed by atoms with Crippen LogP contribution in [0.1, 0.15) is 25.1 Å². The molecule has 7 nitrogen and oxygen atoms in total. The first-order valence-corrected chi connectivity index (χ1v) is 7.84. The topological polar surface area (TPSA) is 76.2 Å². The quantitative estimate of drug-likeness (QED) is 0.621. The Balaban J connectivity index is 2.19. The van der Waals surface area contributed by atoms with Crippen molar-refractivity contribution in [2.24, 2.45) is 7.05 Å². The Morgan fingerprint density at radius 2 is 2.04 bits per heavy atom. The Morgan fingerprint density at radius 3 is 2.58 bits per heavy atom. The lowest BCUT2D eigenvalue weighted by Gasteiger charge is -2.22. The Morgan fingerprint density at radius 1 is 1.38 bits per heavy atom. The van der Waals surface area contributed by atoms with Gasteiger partial charge in [0.05, 0.1) is 10.6 Å². The standard InChI is InChI=1S/C16H22FN5O2/c1-5-21(6-2)14-8-7-12(9-13(14)17)10-18-16-15(22(23)24)11(3)19-20(16)4/h7-9,18H,5-6,10H2,1-4H3.